The second-order valence-corrected chi connectivity index (χ2v) is 5.72. The molecular weight excluding hydrogens is 273 g/mol. The highest BCUT2D eigenvalue weighted by Gasteiger charge is 2.27. The predicted octanol–water partition coefficient (Wildman–Crippen LogP) is 2.13. The van der Waals surface area contributed by atoms with Gasteiger partial charge in [0.2, 0.25) is 0 Å². The Labute approximate surface area is 123 Å². The molecule has 2 N–H and O–H groups in total. The van der Waals surface area contributed by atoms with E-state index in [-0.39, 0.29) is 11.7 Å². The van der Waals surface area contributed by atoms with E-state index >= 15 is 0 Å². The van der Waals surface area contributed by atoms with E-state index in [2.05, 4.69) is 4.90 Å². The molecule has 0 spiro atoms. The highest BCUT2D eigenvalue weighted by atomic mass is 19.1. The van der Waals surface area contributed by atoms with Crippen molar-refractivity contribution in [3.05, 3.63) is 41.2 Å². The van der Waals surface area contributed by atoms with Crippen molar-refractivity contribution in [1.29, 1.82) is 0 Å². The Morgan fingerprint density at radius 2 is 2.19 bits per heavy atom. The van der Waals surface area contributed by atoms with Gasteiger partial charge in [-0.1, -0.05) is 6.07 Å². The van der Waals surface area contributed by atoms with Gasteiger partial charge in [-0.3, -0.25) is 0 Å². The molecule has 0 amide bonds. The van der Waals surface area contributed by atoms with Crippen LogP contribution in [0.2, 0.25) is 0 Å². The Morgan fingerprint density at radius 3 is 2.81 bits per heavy atom. The maximum atomic E-state index is 13.6. The van der Waals surface area contributed by atoms with E-state index in [1.807, 2.05) is 7.05 Å². The molecule has 0 aromatic heterocycles. The largest absolute Gasteiger partial charge is 0.478 e. The van der Waals surface area contributed by atoms with Crippen molar-refractivity contribution in [1.82, 2.24) is 4.90 Å². The molecule has 1 saturated carbocycles. The second kappa shape index (κ2) is 6.83. The fourth-order valence-corrected chi connectivity index (χ4v) is 2.65. The Hall–Kier alpha value is -1.72. The van der Waals surface area contributed by atoms with Crippen LogP contribution < -0.4 is 0 Å². The third-order valence-corrected chi connectivity index (χ3v) is 3.70. The average molecular weight is 293 g/mol. The number of aliphatic carboxylic acids is 1. The van der Waals surface area contributed by atoms with Crippen LogP contribution in [0.3, 0.4) is 0 Å². The van der Waals surface area contributed by atoms with E-state index in [4.69, 9.17) is 5.11 Å². The number of carboxylic acids is 1. The first-order valence-electron chi connectivity index (χ1n) is 7.00. The molecule has 0 unspecified atom stereocenters. The number of benzene rings is 1. The lowest BCUT2D eigenvalue weighted by Gasteiger charge is -2.34. The molecule has 1 aromatic rings. The third kappa shape index (κ3) is 4.65. The van der Waals surface area contributed by atoms with Crippen molar-refractivity contribution in [2.75, 3.05) is 13.6 Å². The molecule has 5 heteroatoms. The van der Waals surface area contributed by atoms with E-state index in [0.29, 0.717) is 12.5 Å². The molecule has 2 rings (SSSR count). The standard InChI is InChI=1S/C16H20FNO3/c1-18(10-12-7-14(19)8-12)9-11-2-4-15(17)13(6-11)3-5-16(20)21/h2-6,12,14,19H,7-10H2,1H3,(H,20,21). The molecule has 1 aliphatic carbocycles. The highest BCUT2D eigenvalue weighted by Crippen LogP contribution is 2.28. The molecule has 1 fully saturated rings. The van der Waals surface area contributed by atoms with Crippen LogP contribution >= 0.6 is 0 Å². The van der Waals surface area contributed by atoms with E-state index in [1.54, 1.807) is 12.1 Å². The number of halogens is 1. The first kappa shape index (κ1) is 15.7. The summed E-state index contributed by atoms with van der Waals surface area (Å²) in [6, 6.07) is 4.73. The van der Waals surface area contributed by atoms with Gasteiger partial charge in [0, 0.05) is 24.7 Å². The second-order valence-electron chi connectivity index (χ2n) is 5.72. The van der Waals surface area contributed by atoms with Gasteiger partial charge in [-0.25, -0.2) is 9.18 Å². The summed E-state index contributed by atoms with van der Waals surface area (Å²) in [4.78, 5) is 12.6. The summed E-state index contributed by atoms with van der Waals surface area (Å²) in [7, 11) is 1.99. The third-order valence-electron chi connectivity index (χ3n) is 3.70. The molecule has 0 heterocycles. The summed E-state index contributed by atoms with van der Waals surface area (Å²) in [6.45, 7) is 1.57. The zero-order valence-corrected chi connectivity index (χ0v) is 12.0. The summed E-state index contributed by atoms with van der Waals surface area (Å²) in [5.74, 6) is -1.00. The number of aliphatic hydroxyl groups excluding tert-OH is 1. The van der Waals surface area contributed by atoms with E-state index in [1.165, 1.54) is 12.1 Å². The Kier molecular flexibility index (Phi) is 5.09. The minimum absolute atomic E-state index is 0.151. The molecule has 0 radical (unpaired) electrons. The van der Waals surface area contributed by atoms with Gasteiger partial charge < -0.3 is 15.1 Å². The summed E-state index contributed by atoms with van der Waals surface area (Å²) >= 11 is 0. The Balaban J connectivity index is 1.96. The lowest BCUT2D eigenvalue weighted by molar-refractivity contribution is -0.131. The van der Waals surface area contributed by atoms with Crippen LogP contribution in [0.4, 0.5) is 4.39 Å². The fourth-order valence-electron chi connectivity index (χ4n) is 2.65. The van der Waals surface area contributed by atoms with Crippen molar-refractivity contribution in [2.45, 2.75) is 25.5 Å². The van der Waals surface area contributed by atoms with Crippen LogP contribution in [0.5, 0.6) is 0 Å². The summed E-state index contributed by atoms with van der Waals surface area (Å²) in [6.07, 6.45) is 3.74. The predicted molar refractivity (Wildman–Crippen MR) is 78.1 cm³/mol. The van der Waals surface area contributed by atoms with Crippen LogP contribution in [0.1, 0.15) is 24.0 Å². The lowest BCUT2D eigenvalue weighted by Crippen LogP contribution is -2.36. The molecule has 21 heavy (non-hydrogen) atoms. The van der Waals surface area contributed by atoms with E-state index < -0.39 is 11.8 Å². The van der Waals surface area contributed by atoms with Gasteiger partial charge in [0.1, 0.15) is 5.82 Å². The van der Waals surface area contributed by atoms with Crippen LogP contribution in [0, 0.1) is 11.7 Å². The Bertz CT molecular complexity index is 538. The number of nitrogens with zero attached hydrogens (tertiary/aromatic N) is 1. The van der Waals surface area contributed by atoms with Crippen LogP contribution in [-0.4, -0.2) is 40.8 Å². The number of rotatable bonds is 6. The van der Waals surface area contributed by atoms with Crippen LogP contribution in [0.15, 0.2) is 24.3 Å². The first-order chi connectivity index (χ1) is 9.94. The SMILES string of the molecule is CN(Cc1ccc(F)c(C=CC(=O)O)c1)CC1CC(O)C1. The maximum Gasteiger partial charge on any atom is 0.328 e. The molecule has 0 atom stereocenters. The van der Waals surface area contributed by atoms with Gasteiger partial charge >= 0.3 is 5.97 Å². The maximum absolute atomic E-state index is 13.6. The Morgan fingerprint density at radius 1 is 1.48 bits per heavy atom. The average Bonchev–Trinajstić information content (AvgIpc) is 2.37. The minimum Gasteiger partial charge on any atom is -0.478 e. The number of carboxylic acid groups (broad SMARTS) is 1. The molecule has 0 aliphatic heterocycles. The fraction of sp³-hybridized carbons (Fsp3) is 0.438. The monoisotopic (exact) mass is 293 g/mol. The van der Waals surface area contributed by atoms with E-state index in [9.17, 15) is 14.3 Å². The number of hydrogen-bond donors (Lipinski definition) is 2. The molecule has 114 valence electrons. The molecule has 0 bridgehead atoms. The minimum atomic E-state index is -1.10. The van der Waals surface area contributed by atoms with Crippen molar-refractivity contribution >= 4 is 12.0 Å². The molecule has 0 saturated heterocycles. The number of hydrogen-bond acceptors (Lipinski definition) is 3. The molecule has 1 aliphatic rings. The van der Waals surface area contributed by atoms with Gasteiger partial charge in [-0.15, -0.1) is 0 Å². The van der Waals surface area contributed by atoms with Gasteiger partial charge in [0.05, 0.1) is 6.10 Å². The number of carbonyl (C=O) groups is 1. The summed E-state index contributed by atoms with van der Waals surface area (Å²) in [5.41, 5.74) is 1.21. The lowest BCUT2D eigenvalue weighted by atomic mass is 9.82. The van der Waals surface area contributed by atoms with E-state index in [0.717, 1.165) is 31.0 Å². The topological polar surface area (TPSA) is 60.8 Å². The van der Waals surface area contributed by atoms with Gasteiger partial charge in [0.15, 0.2) is 0 Å². The molecule has 4 nitrogen and oxygen atoms in total. The van der Waals surface area contributed by atoms with Crippen molar-refractivity contribution in [3.63, 3.8) is 0 Å². The quantitative estimate of drug-likeness (QED) is 0.789. The normalized spacial score (nSPS) is 21.7. The summed E-state index contributed by atoms with van der Waals surface area (Å²) < 4.78 is 13.6. The zero-order chi connectivity index (χ0) is 15.4. The van der Waals surface area contributed by atoms with Crippen molar-refractivity contribution in [3.8, 4) is 0 Å². The smallest absolute Gasteiger partial charge is 0.328 e. The highest BCUT2D eigenvalue weighted by molar-refractivity contribution is 5.85. The van der Waals surface area contributed by atoms with Crippen molar-refractivity contribution in [2.24, 2.45) is 5.92 Å². The summed E-state index contributed by atoms with van der Waals surface area (Å²) in [5, 5.41) is 17.9. The van der Waals surface area contributed by atoms with Crippen LogP contribution in [0.25, 0.3) is 6.08 Å². The first-order valence-corrected chi connectivity index (χ1v) is 7.00. The van der Waals surface area contributed by atoms with Crippen LogP contribution in [-0.2, 0) is 11.3 Å². The molecular formula is C16H20FNO3. The van der Waals surface area contributed by atoms with Crippen molar-refractivity contribution < 1.29 is 19.4 Å². The number of aliphatic hydroxyl groups is 1. The van der Waals surface area contributed by atoms with Gasteiger partial charge in [0.25, 0.3) is 0 Å². The molecule has 1 aromatic carbocycles. The van der Waals surface area contributed by atoms with Gasteiger partial charge in [-0.05, 0) is 49.6 Å². The zero-order valence-electron chi connectivity index (χ0n) is 12.0. The van der Waals surface area contributed by atoms with Gasteiger partial charge in [-0.2, -0.15) is 0 Å².